The van der Waals surface area contributed by atoms with Gasteiger partial charge in [-0.3, -0.25) is 4.90 Å². The van der Waals surface area contributed by atoms with Crippen molar-refractivity contribution in [1.29, 1.82) is 0 Å². The lowest BCUT2D eigenvalue weighted by Gasteiger charge is -2.25. The van der Waals surface area contributed by atoms with E-state index in [9.17, 15) is 14.3 Å². The molecule has 1 aliphatic heterocycles. The van der Waals surface area contributed by atoms with Crippen LogP contribution in [0.5, 0.6) is 0 Å². The standard InChI is InChI=1S/C19H22FN3O2/c1-22-8-7-13(11-22)12-23(19(24)25)18-6-5-15(20)10-17(18)14-3-2-4-16(21)9-14/h2-6,9-10,13H,7-8,11-12,21H2,1H3,(H,24,25)/t13-/m1/s1. The number of nitrogen functional groups attached to an aromatic ring is 1. The van der Waals surface area contributed by atoms with Crippen molar-refractivity contribution in [2.24, 2.45) is 5.92 Å². The summed E-state index contributed by atoms with van der Waals surface area (Å²) in [7, 11) is 2.03. The highest BCUT2D eigenvalue weighted by molar-refractivity contribution is 5.93. The van der Waals surface area contributed by atoms with Crippen molar-refractivity contribution in [3.05, 3.63) is 48.3 Å². The van der Waals surface area contributed by atoms with Crippen molar-refractivity contribution in [3.8, 4) is 11.1 Å². The Labute approximate surface area is 146 Å². The molecule has 0 unspecified atom stereocenters. The summed E-state index contributed by atoms with van der Waals surface area (Å²) in [4.78, 5) is 15.4. The van der Waals surface area contributed by atoms with Crippen LogP contribution in [0.25, 0.3) is 11.1 Å². The van der Waals surface area contributed by atoms with Gasteiger partial charge < -0.3 is 15.7 Å². The minimum Gasteiger partial charge on any atom is -0.465 e. The quantitative estimate of drug-likeness (QED) is 0.834. The van der Waals surface area contributed by atoms with Crippen molar-refractivity contribution in [1.82, 2.24) is 4.90 Å². The number of halogens is 1. The molecule has 3 N–H and O–H groups in total. The lowest BCUT2D eigenvalue weighted by molar-refractivity contribution is 0.200. The van der Waals surface area contributed by atoms with E-state index in [4.69, 9.17) is 5.73 Å². The number of benzene rings is 2. The van der Waals surface area contributed by atoms with Crippen LogP contribution < -0.4 is 10.6 Å². The van der Waals surface area contributed by atoms with Crippen LogP contribution >= 0.6 is 0 Å². The molecular weight excluding hydrogens is 321 g/mol. The summed E-state index contributed by atoms with van der Waals surface area (Å²) in [5.41, 5.74) is 8.09. The third-order valence-corrected chi connectivity index (χ3v) is 4.61. The highest BCUT2D eigenvalue weighted by Gasteiger charge is 2.27. The molecule has 0 saturated carbocycles. The van der Waals surface area contributed by atoms with Crippen LogP contribution in [-0.2, 0) is 0 Å². The summed E-state index contributed by atoms with van der Waals surface area (Å²) in [6.07, 6.45) is -0.0824. The number of nitrogens with zero attached hydrogens (tertiary/aromatic N) is 2. The van der Waals surface area contributed by atoms with E-state index in [1.165, 1.54) is 23.1 Å². The predicted octanol–water partition coefficient (Wildman–Crippen LogP) is 3.51. The molecule has 6 heteroatoms. The van der Waals surface area contributed by atoms with Crippen LogP contribution in [0.15, 0.2) is 42.5 Å². The zero-order chi connectivity index (χ0) is 18.0. The van der Waals surface area contributed by atoms with E-state index in [2.05, 4.69) is 4.90 Å². The molecule has 2 aromatic carbocycles. The van der Waals surface area contributed by atoms with Crippen LogP contribution in [0.3, 0.4) is 0 Å². The van der Waals surface area contributed by atoms with Gasteiger partial charge in [0, 0.05) is 24.3 Å². The summed E-state index contributed by atoms with van der Waals surface area (Å²) in [5, 5.41) is 9.74. The number of amides is 1. The average Bonchev–Trinajstić information content (AvgIpc) is 2.98. The van der Waals surface area contributed by atoms with Crippen molar-refractivity contribution in [3.63, 3.8) is 0 Å². The van der Waals surface area contributed by atoms with Gasteiger partial charge in [-0.25, -0.2) is 9.18 Å². The van der Waals surface area contributed by atoms with Crippen molar-refractivity contribution in [2.45, 2.75) is 6.42 Å². The molecule has 1 saturated heterocycles. The molecule has 1 aliphatic rings. The third-order valence-electron chi connectivity index (χ3n) is 4.61. The molecule has 0 aliphatic carbocycles. The number of hydrogen-bond donors (Lipinski definition) is 2. The lowest BCUT2D eigenvalue weighted by Crippen LogP contribution is -2.35. The Hall–Kier alpha value is -2.60. The Balaban J connectivity index is 2.00. The molecule has 0 aromatic heterocycles. The molecule has 0 spiro atoms. The molecule has 5 nitrogen and oxygen atoms in total. The molecule has 0 bridgehead atoms. The average molecular weight is 343 g/mol. The first-order valence-corrected chi connectivity index (χ1v) is 8.28. The van der Waals surface area contributed by atoms with Gasteiger partial charge in [0.2, 0.25) is 0 Å². The topological polar surface area (TPSA) is 69.8 Å². The van der Waals surface area contributed by atoms with Gasteiger partial charge in [0.25, 0.3) is 0 Å². The number of nitrogens with two attached hydrogens (primary N) is 1. The van der Waals surface area contributed by atoms with Crippen molar-refractivity contribution in [2.75, 3.05) is 37.3 Å². The zero-order valence-corrected chi connectivity index (χ0v) is 14.2. The van der Waals surface area contributed by atoms with E-state index in [-0.39, 0.29) is 5.92 Å². The maximum atomic E-state index is 13.9. The monoisotopic (exact) mass is 343 g/mol. The van der Waals surface area contributed by atoms with Gasteiger partial charge in [-0.1, -0.05) is 12.1 Å². The molecule has 3 rings (SSSR count). The molecule has 1 heterocycles. The molecule has 25 heavy (non-hydrogen) atoms. The molecule has 1 atom stereocenters. The van der Waals surface area contributed by atoms with E-state index < -0.39 is 11.9 Å². The van der Waals surface area contributed by atoms with Crippen LogP contribution in [0, 0.1) is 11.7 Å². The normalized spacial score (nSPS) is 17.6. The Bertz CT molecular complexity index is 781. The fourth-order valence-electron chi connectivity index (χ4n) is 3.39. The van der Waals surface area contributed by atoms with E-state index >= 15 is 0 Å². The fraction of sp³-hybridized carbons (Fsp3) is 0.316. The highest BCUT2D eigenvalue weighted by atomic mass is 19.1. The highest BCUT2D eigenvalue weighted by Crippen LogP contribution is 2.34. The second kappa shape index (κ2) is 7.11. The SMILES string of the molecule is CN1CC[C@@H](CN(C(=O)O)c2ccc(F)cc2-c2cccc(N)c2)C1. The maximum Gasteiger partial charge on any atom is 0.411 e. The van der Waals surface area contributed by atoms with Crippen LogP contribution in [0.1, 0.15) is 6.42 Å². The Morgan fingerprint density at radius 2 is 2.16 bits per heavy atom. The van der Waals surface area contributed by atoms with Crippen molar-refractivity contribution >= 4 is 17.5 Å². The molecule has 1 fully saturated rings. The second-order valence-corrected chi connectivity index (χ2v) is 6.60. The van der Waals surface area contributed by atoms with Gasteiger partial charge >= 0.3 is 6.09 Å². The zero-order valence-electron chi connectivity index (χ0n) is 14.2. The van der Waals surface area contributed by atoms with Gasteiger partial charge in [-0.2, -0.15) is 0 Å². The number of carboxylic acid groups (broad SMARTS) is 1. The predicted molar refractivity (Wildman–Crippen MR) is 97.2 cm³/mol. The fourth-order valence-corrected chi connectivity index (χ4v) is 3.39. The largest absolute Gasteiger partial charge is 0.465 e. The van der Waals surface area contributed by atoms with Gasteiger partial charge in [-0.05, 0) is 61.8 Å². The molecule has 0 radical (unpaired) electrons. The van der Waals surface area contributed by atoms with E-state index in [0.717, 1.165) is 19.5 Å². The van der Waals surface area contributed by atoms with Crippen molar-refractivity contribution < 1.29 is 14.3 Å². The lowest BCUT2D eigenvalue weighted by atomic mass is 10.0. The molecule has 2 aromatic rings. The first-order chi connectivity index (χ1) is 11.9. The summed E-state index contributed by atoms with van der Waals surface area (Å²) < 4.78 is 13.9. The number of carbonyl (C=O) groups is 1. The number of hydrogen-bond acceptors (Lipinski definition) is 3. The number of anilines is 2. The molecule has 1 amide bonds. The van der Waals surface area contributed by atoms with E-state index in [0.29, 0.717) is 29.0 Å². The summed E-state index contributed by atoms with van der Waals surface area (Å²) >= 11 is 0. The van der Waals surface area contributed by atoms with Gasteiger partial charge in [0.05, 0.1) is 5.69 Å². The Morgan fingerprint density at radius 3 is 2.80 bits per heavy atom. The van der Waals surface area contributed by atoms with E-state index in [1.807, 2.05) is 7.05 Å². The molecular formula is C19H22FN3O2. The van der Waals surface area contributed by atoms with Gasteiger partial charge in [0.15, 0.2) is 0 Å². The van der Waals surface area contributed by atoms with Gasteiger partial charge in [-0.15, -0.1) is 0 Å². The van der Waals surface area contributed by atoms with Crippen LogP contribution in [0.2, 0.25) is 0 Å². The Morgan fingerprint density at radius 1 is 1.36 bits per heavy atom. The summed E-state index contributed by atoms with van der Waals surface area (Å²) in [6, 6.07) is 11.2. The maximum absolute atomic E-state index is 13.9. The van der Waals surface area contributed by atoms with E-state index in [1.54, 1.807) is 24.3 Å². The Kier molecular flexibility index (Phi) is 4.90. The second-order valence-electron chi connectivity index (χ2n) is 6.60. The minimum atomic E-state index is -1.04. The summed E-state index contributed by atoms with van der Waals surface area (Å²) in [5.74, 6) is -0.146. The first-order valence-electron chi connectivity index (χ1n) is 8.28. The van der Waals surface area contributed by atoms with Gasteiger partial charge in [0.1, 0.15) is 5.82 Å². The third kappa shape index (κ3) is 3.91. The first kappa shape index (κ1) is 17.2. The smallest absolute Gasteiger partial charge is 0.411 e. The molecule has 132 valence electrons. The van der Waals surface area contributed by atoms with Crippen LogP contribution in [0.4, 0.5) is 20.6 Å². The number of likely N-dealkylation sites (tertiary alicyclic amines) is 1. The van der Waals surface area contributed by atoms with Crippen LogP contribution in [-0.4, -0.2) is 42.8 Å². The minimum absolute atomic E-state index is 0.264. The summed E-state index contributed by atoms with van der Waals surface area (Å²) in [6.45, 7) is 2.21. The number of rotatable bonds is 4.